The van der Waals surface area contributed by atoms with E-state index >= 15 is 0 Å². The van der Waals surface area contributed by atoms with Crippen molar-refractivity contribution >= 4 is 60.5 Å². The largest absolute Gasteiger partial charge is 0.456 e. The van der Waals surface area contributed by atoms with Crippen LogP contribution in [0.25, 0.3) is 77.3 Å². The van der Waals surface area contributed by atoms with Gasteiger partial charge in [-0.25, -0.2) is 0 Å². The van der Waals surface area contributed by atoms with E-state index in [1.807, 2.05) is 0 Å². The van der Waals surface area contributed by atoms with E-state index in [1.54, 1.807) is 0 Å². The first kappa shape index (κ1) is 27.7. The quantitative estimate of drug-likeness (QED) is 0.182. The first-order chi connectivity index (χ1) is 25.1. The molecule has 4 aliphatic carbocycles. The lowest BCUT2D eigenvalue weighted by Gasteiger charge is -2.31. The molecule has 4 aliphatic rings. The Kier molecular flexibility index (Phi) is 5.19. The molecule has 2 unspecified atom stereocenters. The predicted molar refractivity (Wildman–Crippen MR) is 212 cm³/mol. The van der Waals surface area contributed by atoms with Crippen LogP contribution in [-0.4, -0.2) is 4.57 Å². The molecule has 2 heteroatoms. The van der Waals surface area contributed by atoms with E-state index in [0.717, 1.165) is 11.2 Å². The van der Waals surface area contributed by atoms with Crippen molar-refractivity contribution in [3.63, 3.8) is 0 Å². The molecule has 2 nitrogen and oxygen atoms in total. The van der Waals surface area contributed by atoms with E-state index in [4.69, 9.17) is 4.42 Å². The third kappa shape index (κ3) is 3.43. The molecule has 0 saturated carbocycles. The highest BCUT2D eigenvalue weighted by Gasteiger charge is 2.41. The monoisotopic (exact) mass is 651 g/mol. The van der Waals surface area contributed by atoms with E-state index in [2.05, 4.69) is 170 Å². The highest BCUT2D eigenvalue weighted by molar-refractivity contribution is 6.19. The standard InChI is InChI=1S/C49H33NO/c1-49(2)39-25-27-43-47(37-13-6-8-17-42(37)51-43)45(39)38-24-26-41-46(48(38)49)36-12-5-7-16-40(36)50(41)29-20-18-28(19-21-29)30-22-23-35-32-11-4-3-10-31(32)34-15-9-14-33(30)44(34)35/h3-27,33,44H,1-2H3. The van der Waals surface area contributed by atoms with Crippen molar-refractivity contribution in [3.05, 3.63) is 180 Å². The van der Waals surface area contributed by atoms with Gasteiger partial charge < -0.3 is 8.98 Å². The second kappa shape index (κ2) is 9.56. The molecule has 0 N–H and O–H groups in total. The predicted octanol–water partition coefficient (Wildman–Crippen LogP) is 12.7. The normalized spacial score (nSPS) is 19.2. The summed E-state index contributed by atoms with van der Waals surface area (Å²) in [7, 11) is 0. The van der Waals surface area contributed by atoms with Crippen molar-refractivity contribution in [2.45, 2.75) is 19.3 Å². The molecule has 0 saturated heterocycles. The van der Waals surface area contributed by atoms with Gasteiger partial charge in [0.2, 0.25) is 0 Å². The van der Waals surface area contributed by atoms with E-state index < -0.39 is 0 Å². The Labute approximate surface area is 296 Å². The fourth-order valence-corrected chi connectivity index (χ4v) is 10.3. The highest BCUT2D eigenvalue weighted by Crippen LogP contribution is 2.57. The molecule has 2 heterocycles. The fourth-order valence-electron chi connectivity index (χ4n) is 10.3. The van der Waals surface area contributed by atoms with Gasteiger partial charge in [-0.3, -0.25) is 0 Å². The molecule has 12 rings (SSSR count). The van der Waals surface area contributed by atoms with Gasteiger partial charge in [0, 0.05) is 44.5 Å². The zero-order valence-corrected chi connectivity index (χ0v) is 28.4. The molecule has 0 fully saturated rings. The van der Waals surface area contributed by atoms with Gasteiger partial charge in [0.15, 0.2) is 0 Å². The van der Waals surface area contributed by atoms with Crippen LogP contribution in [0.4, 0.5) is 0 Å². The van der Waals surface area contributed by atoms with Gasteiger partial charge in [0.25, 0.3) is 0 Å². The summed E-state index contributed by atoms with van der Waals surface area (Å²) in [5.41, 5.74) is 19.1. The van der Waals surface area contributed by atoms with Crippen LogP contribution in [-0.2, 0) is 5.41 Å². The number of hydrogen-bond donors (Lipinski definition) is 0. The average Bonchev–Trinajstić information content (AvgIpc) is 3.88. The first-order valence-corrected chi connectivity index (χ1v) is 18.1. The molecule has 8 aromatic rings. The summed E-state index contributed by atoms with van der Waals surface area (Å²) in [5, 5.41) is 5.05. The molecule has 0 bridgehead atoms. The summed E-state index contributed by atoms with van der Waals surface area (Å²) in [6.45, 7) is 4.79. The second-order valence-electron chi connectivity index (χ2n) is 15.2. The van der Waals surface area contributed by atoms with Crippen molar-refractivity contribution in [3.8, 4) is 16.8 Å². The van der Waals surface area contributed by atoms with Gasteiger partial charge in [-0.15, -0.1) is 0 Å². The highest BCUT2D eigenvalue weighted by atomic mass is 16.3. The maximum absolute atomic E-state index is 6.37. The van der Waals surface area contributed by atoms with Crippen molar-refractivity contribution in [2.24, 2.45) is 11.8 Å². The molecular weight excluding hydrogens is 619 g/mol. The Balaban J connectivity index is 1.03. The molecule has 240 valence electrons. The maximum atomic E-state index is 6.37. The zero-order valence-electron chi connectivity index (χ0n) is 28.4. The second-order valence-corrected chi connectivity index (χ2v) is 15.2. The Morgan fingerprint density at radius 3 is 2.14 bits per heavy atom. The fraction of sp³-hybridized carbons (Fsp3) is 0.102. The number of hydrogen-bond acceptors (Lipinski definition) is 1. The lowest BCUT2D eigenvalue weighted by atomic mass is 9.72. The zero-order chi connectivity index (χ0) is 33.6. The molecular formula is C49H33NO. The van der Waals surface area contributed by atoms with Crippen LogP contribution >= 0.6 is 0 Å². The van der Waals surface area contributed by atoms with Gasteiger partial charge in [0.05, 0.1) is 11.0 Å². The summed E-state index contributed by atoms with van der Waals surface area (Å²) in [4.78, 5) is 0. The first-order valence-electron chi connectivity index (χ1n) is 18.1. The summed E-state index contributed by atoms with van der Waals surface area (Å²) >= 11 is 0. The number of aromatic nitrogens is 1. The van der Waals surface area contributed by atoms with Gasteiger partial charge in [-0.05, 0) is 92.1 Å². The van der Waals surface area contributed by atoms with Gasteiger partial charge >= 0.3 is 0 Å². The van der Waals surface area contributed by atoms with Crippen LogP contribution in [0, 0.1) is 11.8 Å². The third-order valence-electron chi connectivity index (χ3n) is 12.4. The van der Waals surface area contributed by atoms with E-state index in [9.17, 15) is 0 Å². The molecule has 0 aliphatic heterocycles. The topological polar surface area (TPSA) is 18.1 Å². The lowest BCUT2D eigenvalue weighted by molar-refractivity contribution is 0.660. The minimum absolute atomic E-state index is 0.184. The Morgan fingerprint density at radius 2 is 1.29 bits per heavy atom. The van der Waals surface area contributed by atoms with Crippen molar-refractivity contribution in [2.75, 3.05) is 0 Å². The molecule has 0 spiro atoms. The molecule has 0 amide bonds. The summed E-state index contributed by atoms with van der Waals surface area (Å²) in [6, 6.07) is 44.8. The Hall–Kier alpha value is -6.12. The minimum atomic E-state index is -0.184. The molecule has 2 aromatic heterocycles. The molecule has 0 radical (unpaired) electrons. The number of benzene rings is 6. The number of allylic oxidation sites excluding steroid dienone is 8. The van der Waals surface area contributed by atoms with Crippen LogP contribution < -0.4 is 0 Å². The Bertz CT molecular complexity index is 2990. The van der Waals surface area contributed by atoms with E-state index in [1.165, 1.54) is 93.9 Å². The minimum Gasteiger partial charge on any atom is -0.456 e. The van der Waals surface area contributed by atoms with Crippen molar-refractivity contribution < 1.29 is 4.42 Å². The van der Waals surface area contributed by atoms with Crippen molar-refractivity contribution in [1.82, 2.24) is 4.57 Å². The number of furan rings is 1. The smallest absolute Gasteiger partial charge is 0.136 e. The van der Waals surface area contributed by atoms with Gasteiger partial charge in [0.1, 0.15) is 11.2 Å². The Morgan fingerprint density at radius 1 is 0.569 bits per heavy atom. The molecule has 6 aromatic carbocycles. The van der Waals surface area contributed by atoms with Crippen LogP contribution in [0.2, 0.25) is 0 Å². The lowest BCUT2D eigenvalue weighted by Crippen LogP contribution is -2.18. The molecule has 51 heavy (non-hydrogen) atoms. The number of fused-ring (bicyclic) bond motifs is 14. The van der Waals surface area contributed by atoms with Crippen LogP contribution in [0.3, 0.4) is 0 Å². The van der Waals surface area contributed by atoms with Crippen LogP contribution in [0.15, 0.2) is 156 Å². The number of nitrogens with zero attached hydrogens (tertiary/aromatic N) is 1. The van der Waals surface area contributed by atoms with Gasteiger partial charge in [-0.2, -0.15) is 0 Å². The van der Waals surface area contributed by atoms with Gasteiger partial charge in [-0.1, -0.05) is 129 Å². The van der Waals surface area contributed by atoms with Crippen LogP contribution in [0.1, 0.15) is 41.7 Å². The average molecular weight is 652 g/mol. The molecule has 2 atom stereocenters. The SMILES string of the molecule is CC1(C)c2ccc3oc4ccccc4c3c2-c2ccc3c(c21)c1ccccc1n3-c1ccc(C2=CC=C3c4ccccc4C4=CC=CC2C43)cc1. The third-order valence-corrected chi connectivity index (χ3v) is 12.4. The summed E-state index contributed by atoms with van der Waals surface area (Å²) in [5.74, 6) is 0.724. The van der Waals surface area contributed by atoms with E-state index in [0.29, 0.717) is 11.8 Å². The van der Waals surface area contributed by atoms with Crippen LogP contribution in [0.5, 0.6) is 0 Å². The van der Waals surface area contributed by atoms with E-state index in [-0.39, 0.29) is 5.41 Å². The summed E-state index contributed by atoms with van der Waals surface area (Å²) < 4.78 is 8.84. The maximum Gasteiger partial charge on any atom is 0.136 e. The number of para-hydroxylation sites is 2. The number of rotatable bonds is 2. The summed E-state index contributed by atoms with van der Waals surface area (Å²) in [6.07, 6.45) is 11.7. The van der Waals surface area contributed by atoms with Crippen molar-refractivity contribution in [1.29, 1.82) is 0 Å².